The number of nitrogens with one attached hydrogen (secondary N) is 2. The second kappa shape index (κ2) is 4.97. The van der Waals surface area contributed by atoms with Gasteiger partial charge in [-0.1, -0.05) is 15.9 Å². The van der Waals surface area contributed by atoms with Crippen molar-refractivity contribution >= 4 is 44.1 Å². The third kappa shape index (κ3) is 2.37. The number of halogens is 1. The van der Waals surface area contributed by atoms with E-state index in [9.17, 15) is 4.79 Å². The Morgan fingerprint density at radius 3 is 2.90 bits per heavy atom. The van der Waals surface area contributed by atoms with Crippen LogP contribution >= 0.6 is 15.9 Å². The molecule has 1 amide bonds. The summed E-state index contributed by atoms with van der Waals surface area (Å²) in [5.41, 5.74) is 8.34. The molecule has 4 N–H and O–H groups in total. The number of carbonyl (C=O) groups excluding carboxylic acids is 1. The van der Waals surface area contributed by atoms with Crippen LogP contribution in [0.25, 0.3) is 10.9 Å². The smallest absolute Gasteiger partial charge is 0.257 e. The van der Waals surface area contributed by atoms with E-state index in [0.29, 0.717) is 16.9 Å². The Morgan fingerprint density at radius 2 is 2.10 bits per heavy atom. The van der Waals surface area contributed by atoms with E-state index in [0.717, 1.165) is 15.4 Å². The van der Waals surface area contributed by atoms with Crippen molar-refractivity contribution in [1.29, 1.82) is 0 Å². The van der Waals surface area contributed by atoms with Crippen LogP contribution in [0.15, 0.2) is 47.1 Å². The van der Waals surface area contributed by atoms with Crippen LogP contribution in [0.3, 0.4) is 0 Å². The topological polar surface area (TPSA) is 83.8 Å². The number of nitrogens with zero attached hydrogens (tertiary/aromatic N) is 1. The van der Waals surface area contributed by atoms with Gasteiger partial charge in [-0.05, 0) is 36.4 Å². The minimum Gasteiger partial charge on any atom is -0.398 e. The highest BCUT2D eigenvalue weighted by Crippen LogP contribution is 2.21. The van der Waals surface area contributed by atoms with Crippen molar-refractivity contribution in [1.82, 2.24) is 10.2 Å². The molecule has 0 spiro atoms. The molecule has 3 rings (SSSR count). The Hall–Kier alpha value is -2.34. The molecule has 0 atom stereocenters. The molecule has 0 fully saturated rings. The molecule has 0 bridgehead atoms. The molecule has 5 nitrogen and oxygen atoms in total. The van der Waals surface area contributed by atoms with Gasteiger partial charge in [-0.25, -0.2) is 0 Å². The van der Waals surface area contributed by atoms with Crippen LogP contribution in [-0.4, -0.2) is 16.1 Å². The van der Waals surface area contributed by atoms with Gasteiger partial charge in [0.1, 0.15) is 0 Å². The number of H-pyrrole nitrogens is 1. The number of aromatic amines is 1. The fraction of sp³-hybridized carbons (Fsp3) is 0. The molecule has 0 radical (unpaired) electrons. The molecule has 0 aliphatic heterocycles. The lowest BCUT2D eigenvalue weighted by atomic mass is 10.1. The summed E-state index contributed by atoms with van der Waals surface area (Å²) in [5, 5.41) is 10.6. The summed E-state index contributed by atoms with van der Waals surface area (Å²) in [6.07, 6.45) is 1.71. The van der Waals surface area contributed by atoms with Crippen LogP contribution in [0.2, 0.25) is 0 Å². The van der Waals surface area contributed by atoms with E-state index in [2.05, 4.69) is 31.4 Å². The maximum Gasteiger partial charge on any atom is 0.257 e. The number of benzene rings is 2. The lowest BCUT2D eigenvalue weighted by Crippen LogP contribution is -2.13. The van der Waals surface area contributed by atoms with Crippen LogP contribution < -0.4 is 11.1 Å². The second-order valence-electron chi connectivity index (χ2n) is 4.36. The van der Waals surface area contributed by atoms with E-state index >= 15 is 0 Å². The van der Waals surface area contributed by atoms with Gasteiger partial charge in [0.25, 0.3) is 5.91 Å². The Balaban J connectivity index is 1.87. The van der Waals surface area contributed by atoms with Gasteiger partial charge in [-0.2, -0.15) is 5.10 Å². The van der Waals surface area contributed by atoms with E-state index < -0.39 is 0 Å². The zero-order chi connectivity index (χ0) is 14.1. The van der Waals surface area contributed by atoms with E-state index in [-0.39, 0.29) is 5.91 Å². The Labute approximate surface area is 123 Å². The highest BCUT2D eigenvalue weighted by molar-refractivity contribution is 9.10. The van der Waals surface area contributed by atoms with Crippen molar-refractivity contribution in [2.75, 3.05) is 11.1 Å². The third-order valence-electron chi connectivity index (χ3n) is 2.96. The van der Waals surface area contributed by atoms with Crippen LogP contribution in [0.1, 0.15) is 10.4 Å². The molecule has 0 aliphatic rings. The molecule has 1 aromatic heterocycles. The molecular formula is C14H11BrN4O. The number of hydrogen-bond acceptors (Lipinski definition) is 3. The number of nitrogens with two attached hydrogens (primary N) is 1. The van der Waals surface area contributed by atoms with E-state index in [1.54, 1.807) is 24.4 Å². The van der Waals surface area contributed by atoms with Gasteiger partial charge in [0.2, 0.25) is 0 Å². The maximum atomic E-state index is 12.2. The van der Waals surface area contributed by atoms with Crippen LogP contribution in [0.5, 0.6) is 0 Å². The van der Waals surface area contributed by atoms with E-state index in [1.165, 1.54) is 0 Å². The molecule has 0 saturated heterocycles. The number of nitrogen functional groups attached to an aromatic ring is 1. The fourth-order valence-corrected chi connectivity index (χ4v) is 2.34. The van der Waals surface area contributed by atoms with Crippen molar-refractivity contribution in [3.05, 3.63) is 52.6 Å². The number of hydrogen-bond donors (Lipinski definition) is 3. The summed E-state index contributed by atoms with van der Waals surface area (Å²) in [6, 6.07) is 10.7. The molecule has 1 heterocycles. The minimum absolute atomic E-state index is 0.238. The monoisotopic (exact) mass is 330 g/mol. The SMILES string of the molecule is Nc1cc(Br)ccc1C(=O)Nc1ccc2[nH]ncc2c1. The largest absolute Gasteiger partial charge is 0.398 e. The van der Waals surface area contributed by atoms with Crippen molar-refractivity contribution in [2.24, 2.45) is 0 Å². The number of fused-ring (bicyclic) bond motifs is 1. The van der Waals surface area contributed by atoms with Gasteiger partial charge in [0.05, 0.1) is 17.3 Å². The molecule has 2 aromatic carbocycles. The molecule has 3 aromatic rings. The number of aromatic nitrogens is 2. The molecule has 6 heteroatoms. The zero-order valence-electron chi connectivity index (χ0n) is 10.4. The van der Waals surface area contributed by atoms with Crippen LogP contribution in [0.4, 0.5) is 11.4 Å². The summed E-state index contributed by atoms with van der Waals surface area (Å²) in [7, 11) is 0. The molecule has 100 valence electrons. The predicted octanol–water partition coefficient (Wildman–Crippen LogP) is 3.16. The van der Waals surface area contributed by atoms with Gasteiger partial charge < -0.3 is 11.1 Å². The fourth-order valence-electron chi connectivity index (χ4n) is 1.96. The molecule has 20 heavy (non-hydrogen) atoms. The average Bonchev–Trinajstić information content (AvgIpc) is 2.85. The quantitative estimate of drug-likeness (QED) is 0.631. The maximum absolute atomic E-state index is 12.2. The highest BCUT2D eigenvalue weighted by Gasteiger charge is 2.10. The standard InChI is InChI=1S/C14H11BrN4O/c15-9-1-3-11(12(16)6-9)14(20)18-10-2-4-13-8(5-10)7-17-19-13/h1-7H,16H2,(H,17,19)(H,18,20). The first-order valence-corrected chi connectivity index (χ1v) is 6.72. The van der Waals surface area contributed by atoms with Crippen molar-refractivity contribution < 1.29 is 4.79 Å². The first-order chi connectivity index (χ1) is 9.63. The summed E-state index contributed by atoms with van der Waals surface area (Å²) >= 11 is 3.31. The predicted molar refractivity (Wildman–Crippen MR) is 82.6 cm³/mol. The lowest BCUT2D eigenvalue weighted by Gasteiger charge is -2.08. The van der Waals surface area contributed by atoms with Crippen LogP contribution in [0, 0.1) is 0 Å². The Bertz CT molecular complexity index is 797. The zero-order valence-corrected chi connectivity index (χ0v) is 11.9. The normalized spacial score (nSPS) is 10.7. The van der Waals surface area contributed by atoms with Crippen molar-refractivity contribution in [2.45, 2.75) is 0 Å². The van der Waals surface area contributed by atoms with Crippen molar-refractivity contribution in [3.63, 3.8) is 0 Å². The van der Waals surface area contributed by atoms with Crippen LogP contribution in [-0.2, 0) is 0 Å². The molecule has 0 aliphatic carbocycles. The molecular weight excluding hydrogens is 320 g/mol. The summed E-state index contributed by atoms with van der Waals surface area (Å²) in [4.78, 5) is 12.2. The Kier molecular flexibility index (Phi) is 3.15. The number of anilines is 2. The lowest BCUT2D eigenvalue weighted by molar-refractivity contribution is 0.102. The average molecular weight is 331 g/mol. The number of rotatable bonds is 2. The summed E-state index contributed by atoms with van der Waals surface area (Å²) in [6.45, 7) is 0. The summed E-state index contributed by atoms with van der Waals surface area (Å²) < 4.78 is 0.839. The van der Waals surface area contributed by atoms with E-state index in [4.69, 9.17) is 5.73 Å². The van der Waals surface area contributed by atoms with Gasteiger partial charge in [-0.3, -0.25) is 9.89 Å². The Morgan fingerprint density at radius 1 is 1.25 bits per heavy atom. The third-order valence-corrected chi connectivity index (χ3v) is 3.45. The van der Waals surface area contributed by atoms with Gasteiger partial charge in [0.15, 0.2) is 0 Å². The number of carbonyl (C=O) groups is 1. The minimum atomic E-state index is -0.238. The first kappa shape index (κ1) is 12.7. The van der Waals surface area contributed by atoms with E-state index in [1.807, 2.05) is 18.2 Å². The van der Waals surface area contributed by atoms with Gasteiger partial charge in [-0.15, -0.1) is 0 Å². The van der Waals surface area contributed by atoms with Gasteiger partial charge >= 0.3 is 0 Å². The molecule has 0 saturated carbocycles. The van der Waals surface area contributed by atoms with Crippen molar-refractivity contribution in [3.8, 4) is 0 Å². The first-order valence-electron chi connectivity index (χ1n) is 5.93. The second-order valence-corrected chi connectivity index (χ2v) is 5.27. The highest BCUT2D eigenvalue weighted by atomic mass is 79.9. The number of amides is 1. The molecule has 0 unspecified atom stereocenters. The summed E-state index contributed by atoms with van der Waals surface area (Å²) in [5.74, 6) is -0.238. The van der Waals surface area contributed by atoms with Gasteiger partial charge in [0, 0.05) is 21.2 Å².